The minimum absolute atomic E-state index is 0.0602. The SMILES string of the molecule is CCCCCCCC/C=C\CCCCCCCCCCC(C(N)=O)C(C)CCCCCCCCCCCCCCCCCC. The van der Waals surface area contributed by atoms with E-state index in [4.69, 9.17) is 5.73 Å². The topological polar surface area (TPSA) is 43.1 Å². The molecule has 2 N–H and O–H groups in total. The molecule has 0 bridgehead atoms. The molecule has 0 aliphatic carbocycles. The van der Waals surface area contributed by atoms with Crippen molar-refractivity contribution >= 4 is 5.91 Å². The number of primary amides is 1. The van der Waals surface area contributed by atoms with Gasteiger partial charge >= 0.3 is 0 Å². The number of rotatable bonds is 37. The van der Waals surface area contributed by atoms with Gasteiger partial charge in [-0.3, -0.25) is 4.79 Å². The van der Waals surface area contributed by atoms with Crippen molar-refractivity contribution in [3.05, 3.63) is 12.2 Å². The third-order valence-electron chi connectivity index (χ3n) is 10.1. The van der Waals surface area contributed by atoms with Crippen LogP contribution in [-0.2, 0) is 4.79 Å². The summed E-state index contributed by atoms with van der Waals surface area (Å²) in [6, 6.07) is 0. The molecule has 0 saturated carbocycles. The molecule has 0 aliphatic heterocycles. The van der Waals surface area contributed by atoms with Gasteiger partial charge in [0.1, 0.15) is 0 Å². The zero-order valence-corrected chi connectivity index (χ0v) is 30.8. The maximum Gasteiger partial charge on any atom is 0.220 e. The third-order valence-corrected chi connectivity index (χ3v) is 10.1. The average Bonchev–Trinajstić information content (AvgIpc) is 3.01. The highest BCUT2D eigenvalue weighted by atomic mass is 16.1. The molecule has 0 saturated heterocycles. The first-order valence-electron chi connectivity index (χ1n) is 20.6. The Hall–Kier alpha value is -0.790. The Bertz CT molecular complexity index is 584. The molecule has 2 nitrogen and oxygen atoms in total. The van der Waals surface area contributed by atoms with E-state index in [1.54, 1.807) is 0 Å². The van der Waals surface area contributed by atoms with Crippen molar-refractivity contribution in [2.75, 3.05) is 0 Å². The van der Waals surface area contributed by atoms with E-state index in [1.165, 1.54) is 212 Å². The van der Waals surface area contributed by atoms with Crippen LogP contribution in [0.2, 0.25) is 0 Å². The van der Waals surface area contributed by atoms with Gasteiger partial charge in [-0.25, -0.2) is 0 Å². The van der Waals surface area contributed by atoms with Crippen LogP contribution < -0.4 is 5.73 Å². The summed E-state index contributed by atoms with van der Waals surface area (Å²) in [4.78, 5) is 12.1. The van der Waals surface area contributed by atoms with E-state index in [9.17, 15) is 4.79 Å². The molecule has 2 unspecified atom stereocenters. The van der Waals surface area contributed by atoms with Crippen molar-refractivity contribution in [1.29, 1.82) is 0 Å². The number of hydrogen-bond donors (Lipinski definition) is 1. The second-order valence-electron chi connectivity index (χ2n) is 14.5. The molecule has 0 fully saturated rings. The fraction of sp³-hybridized carbons (Fsp3) is 0.929. The van der Waals surface area contributed by atoms with E-state index in [0.29, 0.717) is 5.92 Å². The van der Waals surface area contributed by atoms with Gasteiger partial charge < -0.3 is 5.73 Å². The molecule has 2 heteroatoms. The van der Waals surface area contributed by atoms with Gasteiger partial charge in [0.05, 0.1) is 0 Å². The first kappa shape index (κ1) is 43.2. The summed E-state index contributed by atoms with van der Waals surface area (Å²) in [5.74, 6) is 0.467. The lowest BCUT2D eigenvalue weighted by Crippen LogP contribution is -2.28. The van der Waals surface area contributed by atoms with Crippen LogP contribution in [0.25, 0.3) is 0 Å². The first-order valence-corrected chi connectivity index (χ1v) is 20.6. The van der Waals surface area contributed by atoms with Gasteiger partial charge in [0, 0.05) is 5.92 Å². The molecule has 0 aliphatic rings. The quantitative estimate of drug-likeness (QED) is 0.0547. The Morgan fingerprint density at radius 2 is 0.705 bits per heavy atom. The Kier molecular flexibility index (Phi) is 36.0. The smallest absolute Gasteiger partial charge is 0.220 e. The summed E-state index contributed by atoms with van der Waals surface area (Å²) < 4.78 is 0. The predicted octanol–water partition coefficient (Wildman–Crippen LogP) is 14.6. The summed E-state index contributed by atoms with van der Waals surface area (Å²) in [6.45, 7) is 6.85. The lowest BCUT2D eigenvalue weighted by atomic mass is 9.84. The molecule has 0 rings (SSSR count). The fourth-order valence-corrected chi connectivity index (χ4v) is 6.89. The van der Waals surface area contributed by atoms with Crippen LogP contribution in [0.1, 0.15) is 239 Å². The number of carbonyl (C=O) groups excluding carboxylic acids is 1. The van der Waals surface area contributed by atoms with Crippen molar-refractivity contribution < 1.29 is 4.79 Å². The zero-order chi connectivity index (χ0) is 32.2. The van der Waals surface area contributed by atoms with Crippen LogP contribution in [0.5, 0.6) is 0 Å². The van der Waals surface area contributed by atoms with Crippen molar-refractivity contribution in [2.45, 2.75) is 239 Å². The number of hydrogen-bond acceptors (Lipinski definition) is 1. The normalized spacial score (nSPS) is 13.2. The standard InChI is InChI=1S/C42H83NO/c1-4-6-8-10-12-14-16-18-20-22-23-25-27-29-31-33-35-37-39-41(42(43)44)40(3)38-36-34-32-30-28-26-24-21-19-17-15-13-11-9-7-5-2/h18,20,40-41H,4-17,19,21-39H2,1-3H3,(H2,43,44)/b20-18-. The average molecular weight is 618 g/mol. The van der Waals surface area contributed by atoms with Crippen molar-refractivity contribution in [2.24, 2.45) is 17.6 Å². The maximum atomic E-state index is 12.1. The Labute approximate surface area is 279 Å². The van der Waals surface area contributed by atoms with Crippen molar-refractivity contribution in [1.82, 2.24) is 0 Å². The minimum Gasteiger partial charge on any atom is -0.369 e. The van der Waals surface area contributed by atoms with Crippen LogP contribution in [0.15, 0.2) is 12.2 Å². The largest absolute Gasteiger partial charge is 0.369 e. The van der Waals surface area contributed by atoms with Gasteiger partial charge in [0.2, 0.25) is 5.91 Å². The fourth-order valence-electron chi connectivity index (χ4n) is 6.89. The summed E-state index contributed by atoms with van der Waals surface area (Å²) in [6.07, 6.45) is 51.0. The van der Waals surface area contributed by atoms with Crippen LogP contribution in [0, 0.1) is 11.8 Å². The van der Waals surface area contributed by atoms with Crippen LogP contribution >= 0.6 is 0 Å². The lowest BCUT2D eigenvalue weighted by molar-refractivity contribution is -0.123. The minimum atomic E-state index is -0.0602. The maximum absolute atomic E-state index is 12.1. The number of amides is 1. The second-order valence-corrected chi connectivity index (χ2v) is 14.5. The van der Waals surface area contributed by atoms with E-state index in [1.807, 2.05) is 0 Å². The molecule has 1 amide bonds. The van der Waals surface area contributed by atoms with Crippen molar-refractivity contribution in [3.8, 4) is 0 Å². The Balaban J connectivity index is 3.52. The van der Waals surface area contributed by atoms with E-state index >= 15 is 0 Å². The first-order chi connectivity index (χ1) is 21.6. The van der Waals surface area contributed by atoms with Gasteiger partial charge in [-0.1, -0.05) is 213 Å². The number of unbranched alkanes of at least 4 members (excludes halogenated alkanes) is 29. The molecule has 0 spiro atoms. The molecule has 0 radical (unpaired) electrons. The highest BCUT2D eigenvalue weighted by Crippen LogP contribution is 2.25. The molecule has 0 aromatic carbocycles. The molecule has 0 aromatic heterocycles. The number of carbonyl (C=O) groups is 1. The highest BCUT2D eigenvalue weighted by Gasteiger charge is 2.21. The second kappa shape index (κ2) is 36.7. The van der Waals surface area contributed by atoms with Crippen LogP contribution in [0.3, 0.4) is 0 Å². The molecule has 44 heavy (non-hydrogen) atoms. The van der Waals surface area contributed by atoms with Crippen molar-refractivity contribution in [3.63, 3.8) is 0 Å². The molecular formula is C42H83NO. The highest BCUT2D eigenvalue weighted by molar-refractivity contribution is 5.76. The molecule has 0 heterocycles. The van der Waals surface area contributed by atoms with Gasteiger partial charge in [-0.2, -0.15) is 0 Å². The number of nitrogens with two attached hydrogens (primary N) is 1. The van der Waals surface area contributed by atoms with Gasteiger partial charge in [0.15, 0.2) is 0 Å². The van der Waals surface area contributed by atoms with Crippen LogP contribution in [0.4, 0.5) is 0 Å². The summed E-state index contributed by atoms with van der Waals surface area (Å²) >= 11 is 0. The van der Waals surface area contributed by atoms with Gasteiger partial charge in [0.25, 0.3) is 0 Å². The summed E-state index contributed by atoms with van der Waals surface area (Å²) in [7, 11) is 0. The van der Waals surface area contributed by atoms with Gasteiger partial charge in [-0.15, -0.1) is 0 Å². The lowest BCUT2D eigenvalue weighted by Gasteiger charge is -2.21. The zero-order valence-electron chi connectivity index (χ0n) is 30.8. The van der Waals surface area contributed by atoms with Gasteiger partial charge in [-0.05, 0) is 44.4 Å². The summed E-state index contributed by atoms with van der Waals surface area (Å²) in [5.41, 5.74) is 5.83. The number of allylic oxidation sites excluding steroid dienone is 2. The predicted molar refractivity (Wildman–Crippen MR) is 199 cm³/mol. The monoisotopic (exact) mass is 618 g/mol. The third kappa shape index (κ3) is 32.6. The Morgan fingerprint density at radius 1 is 0.432 bits per heavy atom. The molecule has 0 aromatic rings. The van der Waals surface area contributed by atoms with E-state index in [2.05, 4.69) is 32.9 Å². The molecule has 2 atom stereocenters. The van der Waals surface area contributed by atoms with Crippen LogP contribution in [-0.4, -0.2) is 5.91 Å². The summed E-state index contributed by atoms with van der Waals surface area (Å²) in [5, 5.41) is 0. The van der Waals surface area contributed by atoms with E-state index in [-0.39, 0.29) is 11.8 Å². The molecule has 262 valence electrons. The molecular weight excluding hydrogens is 534 g/mol. The van der Waals surface area contributed by atoms with E-state index < -0.39 is 0 Å². The Morgan fingerprint density at radius 3 is 1.02 bits per heavy atom. The van der Waals surface area contributed by atoms with E-state index in [0.717, 1.165) is 6.42 Å².